The predicted octanol–water partition coefficient (Wildman–Crippen LogP) is 2.16. The zero-order chi connectivity index (χ0) is 13.0. The highest BCUT2D eigenvalue weighted by atomic mass is 16.1. The van der Waals surface area contributed by atoms with E-state index in [4.69, 9.17) is 5.73 Å². The van der Waals surface area contributed by atoms with Crippen LogP contribution in [0.4, 0.5) is 5.82 Å². The van der Waals surface area contributed by atoms with Gasteiger partial charge in [-0.1, -0.05) is 19.3 Å². The second-order valence-electron chi connectivity index (χ2n) is 5.13. The van der Waals surface area contributed by atoms with Gasteiger partial charge in [0.1, 0.15) is 5.82 Å². The van der Waals surface area contributed by atoms with Crippen molar-refractivity contribution in [3.8, 4) is 0 Å². The lowest BCUT2D eigenvalue weighted by atomic mass is 9.77. The summed E-state index contributed by atoms with van der Waals surface area (Å²) in [5.74, 6) is 0.432. The van der Waals surface area contributed by atoms with Crippen molar-refractivity contribution in [2.45, 2.75) is 44.1 Å². The first-order valence-corrected chi connectivity index (χ1v) is 6.59. The Morgan fingerprint density at radius 1 is 1.44 bits per heavy atom. The van der Waals surface area contributed by atoms with Crippen LogP contribution in [0.3, 0.4) is 0 Å². The number of nitrogen functional groups attached to an aromatic ring is 1. The maximum absolute atomic E-state index is 12.3. The number of aromatic nitrogens is 1. The Hall–Kier alpha value is -1.42. The summed E-state index contributed by atoms with van der Waals surface area (Å²) in [6.45, 7) is 0. The van der Waals surface area contributed by atoms with Gasteiger partial charge in [0.2, 0.25) is 0 Å². The fraction of sp³-hybridized carbons (Fsp3) is 0.571. The fourth-order valence-electron chi connectivity index (χ4n) is 2.80. The minimum atomic E-state index is -0.0440. The number of carbonyl (C=O) groups is 1. The standard InChI is InChI=1S/C14H21N3O/c1-16-14(7-3-2-4-8-14)10-12(18)11-6-5-9-17-13(11)15/h5-6,9,16H,2-4,7-8,10H2,1H3,(H2,15,17). The second kappa shape index (κ2) is 5.48. The number of hydrogen-bond acceptors (Lipinski definition) is 4. The van der Waals surface area contributed by atoms with Crippen LogP contribution >= 0.6 is 0 Å². The summed E-state index contributed by atoms with van der Waals surface area (Å²) in [5.41, 5.74) is 6.27. The van der Waals surface area contributed by atoms with Gasteiger partial charge in [-0.25, -0.2) is 4.98 Å². The summed E-state index contributed by atoms with van der Waals surface area (Å²) in [6, 6.07) is 3.52. The van der Waals surface area contributed by atoms with E-state index >= 15 is 0 Å². The summed E-state index contributed by atoms with van der Waals surface area (Å²) in [4.78, 5) is 16.3. The van der Waals surface area contributed by atoms with Crippen LogP contribution < -0.4 is 11.1 Å². The molecule has 4 heteroatoms. The van der Waals surface area contributed by atoms with Gasteiger partial charge < -0.3 is 11.1 Å². The second-order valence-corrected chi connectivity index (χ2v) is 5.13. The summed E-state index contributed by atoms with van der Waals surface area (Å²) in [7, 11) is 1.95. The largest absolute Gasteiger partial charge is 0.383 e. The predicted molar refractivity (Wildman–Crippen MR) is 72.5 cm³/mol. The van der Waals surface area contributed by atoms with E-state index in [9.17, 15) is 4.79 Å². The summed E-state index contributed by atoms with van der Waals surface area (Å²) in [5, 5.41) is 3.36. The van der Waals surface area contributed by atoms with Crippen LogP contribution in [-0.4, -0.2) is 23.4 Å². The first-order valence-electron chi connectivity index (χ1n) is 6.59. The molecule has 1 aromatic rings. The maximum atomic E-state index is 12.3. The molecule has 1 aliphatic rings. The molecule has 0 unspecified atom stereocenters. The van der Waals surface area contributed by atoms with Crippen molar-refractivity contribution in [1.29, 1.82) is 0 Å². The van der Waals surface area contributed by atoms with Gasteiger partial charge in [-0.05, 0) is 32.0 Å². The van der Waals surface area contributed by atoms with E-state index in [1.54, 1.807) is 18.3 Å². The van der Waals surface area contributed by atoms with Crippen molar-refractivity contribution >= 4 is 11.6 Å². The van der Waals surface area contributed by atoms with E-state index in [2.05, 4.69) is 10.3 Å². The number of carbonyl (C=O) groups excluding carboxylic acids is 1. The van der Waals surface area contributed by atoms with Crippen LogP contribution in [0.25, 0.3) is 0 Å². The van der Waals surface area contributed by atoms with E-state index in [0.29, 0.717) is 17.8 Å². The van der Waals surface area contributed by atoms with Crippen LogP contribution in [0.1, 0.15) is 48.9 Å². The highest BCUT2D eigenvalue weighted by molar-refractivity contribution is 6.00. The Bertz CT molecular complexity index is 425. The molecule has 0 atom stereocenters. The topological polar surface area (TPSA) is 68.0 Å². The van der Waals surface area contributed by atoms with Gasteiger partial charge in [0, 0.05) is 18.2 Å². The molecule has 4 nitrogen and oxygen atoms in total. The molecule has 0 spiro atoms. The van der Waals surface area contributed by atoms with Crippen molar-refractivity contribution in [1.82, 2.24) is 10.3 Å². The molecule has 98 valence electrons. The summed E-state index contributed by atoms with van der Waals surface area (Å²) >= 11 is 0. The van der Waals surface area contributed by atoms with Gasteiger partial charge in [0.25, 0.3) is 0 Å². The molecule has 2 rings (SSSR count). The molecule has 3 N–H and O–H groups in total. The van der Waals surface area contributed by atoms with Gasteiger partial charge in [0.15, 0.2) is 5.78 Å². The minimum absolute atomic E-state index is 0.0440. The Kier molecular flexibility index (Phi) is 3.97. The van der Waals surface area contributed by atoms with Gasteiger partial charge in [0.05, 0.1) is 5.56 Å². The molecule has 0 amide bonds. The third-order valence-electron chi connectivity index (χ3n) is 3.98. The quantitative estimate of drug-likeness (QED) is 0.800. The first-order chi connectivity index (χ1) is 8.67. The smallest absolute Gasteiger partial charge is 0.168 e. The van der Waals surface area contributed by atoms with Crippen LogP contribution in [-0.2, 0) is 0 Å². The number of nitrogens with two attached hydrogens (primary N) is 1. The number of Topliss-reactive ketones (excluding diaryl/α,β-unsaturated/α-hetero) is 1. The number of nitrogens with one attached hydrogen (secondary N) is 1. The van der Waals surface area contributed by atoms with Gasteiger partial charge in [-0.2, -0.15) is 0 Å². The Morgan fingerprint density at radius 3 is 2.78 bits per heavy atom. The Morgan fingerprint density at radius 2 is 2.17 bits per heavy atom. The van der Waals surface area contributed by atoms with Crippen molar-refractivity contribution in [2.24, 2.45) is 0 Å². The van der Waals surface area contributed by atoms with Crippen molar-refractivity contribution in [2.75, 3.05) is 12.8 Å². The first kappa shape index (κ1) is 13.0. The Labute approximate surface area is 108 Å². The molecule has 0 radical (unpaired) electrons. The zero-order valence-corrected chi connectivity index (χ0v) is 10.9. The van der Waals surface area contributed by atoms with E-state index < -0.39 is 0 Å². The molecule has 18 heavy (non-hydrogen) atoms. The SMILES string of the molecule is CNC1(CC(=O)c2cccnc2N)CCCCC1. The molecule has 1 heterocycles. The Balaban J connectivity index is 2.13. The molecule has 1 fully saturated rings. The van der Waals surface area contributed by atoms with Crippen molar-refractivity contribution in [3.63, 3.8) is 0 Å². The van der Waals surface area contributed by atoms with Crippen LogP contribution in [0.2, 0.25) is 0 Å². The number of hydrogen-bond donors (Lipinski definition) is 2. The lowest BCUT2D eigenvalue weighted by Crippen LogP contribution is -2.46. The van der Waals surface area contributed by atoms with Crippen LogP contribution in [0.5, 0.6) is 0 Å². The number of rotatable bonds is 4. The molecular formula is C14H21N3O. The maximum Gasteiger partial charge on any atom is 0.168 e. The third-order valence-corrected chi connectivity index (χ3v) is 3.98. The number of nitrogens with zero attached hydrogens (tertiary/aromatic N) is 1. The zero-order valence-electron chi connectivity index (χ0n) is 10.9. The third kappa shape index (κ3) is 2.70. The molecular weight excluding hydrogens is 226 g/mol. The average molecular weight is 247 g/mol. The summed E-state index contributed by atoms with van der Waals surface area (Å²) < 4.78 is 0. The highest BCUT2D eigenvalue weighted by Crippen LogP contribution is 2.32. The lowest BCUT2D eigenvalue weighted by Gasteiger charge is -2.36. The fourth-order valence-corrected chi connectivity index (χ4v) is 2.80. The molecule has 0 aromatic carbocycles. The van der Waals surface area contributed by atoms with Gasteiger partial charge >= 0.3 is 0 Å². The van der Waals surface area contributed by atoms with E-state index in [1.165, 1.54) is 19.3 Å². The minimum Gasteiger partial charge on any atom is -0.383 e. The van der Waals surface area contributed by atoms with Crippen LogP contribution in [0.15, 0.2) is 18.3 Å². The molecule has 0 aliphatic heterocycles. The van der Waals surface area contributed by atoms with Gasteiger partial charge in [-0.3, -0.25) is 4.79 Å². The normalized spacial score (nSPS) is 18.5. The number of ketones is 1. The molecule has 1 aliphatic carbocycles. The average Bonchev–Trinajstić information content (AvgIpc) is 2.40. The number of pyridine rings is 1. The highest BCUT2D eigenvalue weighted by Gasteiger charge is 2.33. The monoisotopic (exact) mass is 247 g/mol. The molecule has 0 bridgehead atoms. The van der Waals surface area contributed by atoms with E-state index in [-0.39, 0.29) is 11.3 Å². The van der Waals surface area contributed by atoms with E-state index in [0.717, 1.165) is 12.8 Å². The molecule has 0 saturated heterocycles. The molecule has 1 saturated carbocycles. The van der Waals surface area contributed by atoms with Crippen LogP contribution in [0, 0.1) is 0 Å². The van der Waals surface area contributed by atoms with E-state index in [1.807, 2.05) is 7.05 Å². The lowest BCUT2D eigenvalue weighted by molar-refractivity contribution is 0.0915. The number of anilines is 1. The van der Waals surface area contributed by atoms with Gasteiger partial charge in [-0.15, -0.1) is 0 Å². The van der Waals surface area contributed by atoms with Crippen molar-refractivity contribution in [3.05, 3.63) is 23.9 Å². The molecule has 1 aromatic heterocycles. The summed E-state index contributed by atoms with van der Waals surface area (Å²) in [6.07, 6.45) is 7.91. The van der Waals surface area contributed by atoms with Crippen molar-refractivity contribution < 1.29 is 4.79 Å².